The smallest absolute Gasteiger partial charge is 0.261 e. The van der Waals surface area contributed by atoms with Crippen LogP contribution in [0.3, 0.4) is 0 Å². The van der Waals surface area contributed by atoms with Gasteiger partial charge in [0.15, 0.2) is 0 Å². The molecule has 0 unspecified atom stereocenters. The number of allylic oxidation sites excluding steroid dienone is 3. The summed E-state index contributed by atoms with van der Waals surface area (Å²) in [7, 11) is 0. The third-order valence-corrected chi connectivity index (χ3v) is 6.66. The Bertz CT molecular complexity index is 1040. The quantitative estimate of drug-likeness (QED) is 0.510. The lowest BCUT2D eigenvalue weighted by Crippen LogP contribution is -2.30. The molecule has 0 aromatic heterocycles. The fourth-order valence-corrected chi connectivity index (χ4v) is 4.93. The van der Waals surface area contributed by atoms with Crippen LogP contribution in [0.2, 0.25) is 0 Å². The van der Waals surface area contributed by atoms with Gasteiger partial charge in [-0.1, -0.05) is 68.0 Å². The summed E-state index contributed by atoms with van der Waals surface area (Å²) in [6.45, 7) is 7.39. The number of hydrogen-bond donors (Lipinski definition) is 0. The van der Waals surface area contributed by atoms with Gasteiger partial charge in [0.25, 0.3) is 11.8 Å². The van der Waals surface area contributed by atoms with Crippen molar-refractivity contribution < 1.29 is 9.59 Å². The molecule has 1 heterocycles. The maximum Gasteiger partial charge on any atom is 0.261 e. The molecule has 3 nitrogen and oxygen atoms in total. The summed E-state index contributed by atoms with van der Waals surface area (Å²) in [6, 6.07) is 15.6. The topological polar surface area (TPSA) is 37.4 Å². The second-order valence-corrected chi connectivity index (χ2v) is 9.42. The lowest BCUT2D eigenvalue weighted by molar-refractivity contribution is 0.0652. The Kier molecular flexibility index (Phi) is 5.95. The second-order valence-electron chi connectivity index (χ2n) is 9.42. The predicted octanol–water partition coefficient (Wildman–Crippen LogP) is 6.46. The van der Waals surface area contributed by atoms with Crippen molar-refractivity contribution in [3.8, 4) is 0 Å². The van der Waals surface area contributed by atoms with E-state index in [0.29, 0.717) is 17.7 Å². The molecule has 31 heavy (non-hydrogen) atoms. The van der Waals surface area contributed by atoms with Crippen LogP contribution < -0.4 is 0 Å². The highest BCUT2D eigenvalue weighted by atomic mass is 16.2. The highest BCUT2D eigenvalue weighted by Gasteiger charge is 2.34. The molecule has 2 aromatic carbocycles. The zero-order valence-electron chi connectivity index (χ0n) is 18.8. The van der Waals surface area contributed by atoms with Crippen LogP contribution in [0.15, 0.2) is 65.8 Å². The first-order chi connectivity index (χ1) is 14.9. The van der Waals surface area contributed by atoms with Crippen LogP contribution in [0.1, 0.15) is 78.3 Å². The molecule has 0 spiro atoms. The Morgan fingerprint density at radius 2 is 1.68 bits per heavy atom. The standard InChI is InChI=1S/C28H31NO2/c1-20-9-7-17-28(2,3)25(20)16-15-22-11-6-10-21(19-22)12-8-18-29-26(30)23-13-4-5-14-24(23)27(29)31/h4-6,10-11,13-16,19H,7-9,12,17-18H2,1-3H3/b16-15+. The highest BCUT2D eigenvalue weighted by Crippen LogP contribution is 2.41. The number of imide groups is 1. The number of aryl methyl sites for hydroxylation is 1. The Balaban J connectivity index is 1.39. The molecule has 4 rings (SSSR count). The minimum atomic E-state index is -0.170. The average Bonchev–Trinajstić information content (AvgIpc) is 2.98. The van der Waals surface area contributed by atoms with Crippen LogP contribution in [0.5, 0.6) is 0 Å². The highest BCUT2D eigenvalue weighted by molar-refractivity contribution is 6.21. The molecule has 0 N–H and O–H groups in total. The number of fused-ring (bicyclic) bond motifs is 1. The number of benzene rings is 2. The lowest BCUT2D eigenvalue weighted by Gasteiger charge is -2.32. The second kappa shape index (κ2) is 8.66. The number of rotatable bonds is 6. The molecule has 0 fully saturated rings. The molecule has 0 saturated heterocycles. The van der Waals surface area contributed by atoms with Crippen LogP contribution in [0.4, 0.5) is 0 Å². The number of nitrogens with zero attached hydrogens (tertiary/aromatic N) is 1. The Hall–Kier alpha value is -2.94. The molecule has 2 aliphatic rings. The van der Waals surface area contributed by atoms with Gasteiger partial charge in [-0.15, -0.1) is 0 Å². The molecule has 1 aliphatic carbocycles. The van der Waals surface area contributed by atoms with E-state index in [1.165, 1.54) is 46.4 Å². The lowest BCUT2D eigenvalue weighted by atomic mass is 9.72. The van der Waals surface area contributed by atoms with E-state index in [1.54, 1.807) is 24.3 Å². The van der Waals surface area contributed by atoms with Crippen molar-refractivity contribution in [2.24, 2.45) is 5.41 Å². The first kappa shape index (κ1) is 21.3. The largest absolute Gasteiger partial charge is 0.274 e. The van der Waals surface area contributed by atoms with E-state index >= 15 is 0 Å². The SMILES string of the molecule is CC1=C(/C=C/c2cccc(CCCN3C(=O)c4ccccc4C3=O)c2)C(C)(C)CCC1. The molecule has 0 radical (unpaired) electrons. The maximum absolute atomic E-state index is 12.5. The zero-order chi connectivity index (χ0) is 22.0. The van der Waals surface area contributed by atoms with Crippen LogP contribution in [-0.4, -0.2) is 23.3 Å². The van der Waals surface area contributed by atoms with Crippen molar-refractivity contribution in [2.45, 2.75) is 52.9 Å². The Morgan fingerprint density at radius 1 is 0.968 bits per heavy atom. The number of carbonyl (C=O) groups is 2. The number of hydrogen-bond acceptors (Lipinski definition) is 2. The van der Waals surface area contributed by atoms with E-state index in [0.717, 1.165) is 12.8 Å². The third kappa shape index (κ3) is 4.41. The summed E-state index contributed by atoms with van der Waals surface area (Å²) in [5.74, 6) is -0.341. The van der Waals surface area contributed by atoms with E-state index in [2.05, 4.69) is 57.2 Å². The van der Waals surface area contributed by atoms with Crippen molar-refractivity contribution in [1.82, 2.24) is 4.90 Å². The molecule has 1 aliphatic heterocycles. The molecular formula is C28H31NO2. The summed E-state index contributed by atoms with van der Waals surface area (Å²) in [4.78, 5) is 26.4. The van der Waals surface area contributed by atoms with E-state index in [-0.39, 0.29) is 17.2 Å². The minimum Gasteiger partial charge on any atom is -0.274 e. The molecular weight excluding hydrogens is 382 g/mol. The number of amides is 2. The van der Waals surface area contributed by atoms with Gasteiger partial charge in [0.05, 0.1) is 11.1 Å². The summed E-state index contributed by atoms with van der Waals surface area (Å²) >= 11 is 0. The van der Waals surface area contributed by atoms with Gasteiger partial charge in [0.2, 0.25) is 0 Å². The molecule has 0 atom stereocenters. The van der Waals surface area contributed by atoms with Crippen molar-refractivity contribution >= 4 is 17.9 Å². The van der Waals surface area contributed by atoms with Crippen LogP contribution in [0.25, 0.3) is 6.08 Å². The summed E-state index contributed by atoms with van der Waals surface area (Å²) in [5, 5.41) is 0. The molecule has 2 aromatic rings. The predicted molar refractivity (Wildman–Crippen MR) is 126 cm³/mol. The van der Waals surface area contributed by atoms with Crippen LogP contribution >= 0.6 is 0 Å². The van der Waals surface area contributed by atoms with E-state index in [1.807, 2.05) is 0 Å². The summed E-state index contributed by atoms with van der Waals surface area (Å²) in [5.41, 5.74) is 6.68. The van der Waals surface area contributed by atoms with Gasteiger partial charge < -0.3 is 0 Å². The number of carbonyl (C=O) groups excluding carboxylic acids is 2. The van der Waals surface area contributed by atoms with Gasteiger partial charge in [0.1, 0.15) is 0 Å². The van der Waals surface area contributed by atoms with Crippen molar-refractivity contribution in [3.63, 3.8) is 0 Å². The summed E-state index contributed by atoms with van der Waals surface area (Å²) < 4.78 is 0. The average molecular weight is 414 g/mol. The van der Waals surface area contributed by atoms with E-state index in [4.69, 9.17) is 0 Å². The first-order valence-corrected chi connectivity index (χ1v) is 11.3. The van der Waals surface area contributed by atoms with Crippen molar-refractivity contribution in [1.29, 1.82) is 0 Å². The van der Waals surface area contributed by atoms with Crippen molar-refractivity contribution in [2.75, 3.05) is 6.54 Å². The van der Waals surface area contributed by atoms with Gasteiger partial charge in [-0.05, 0) is 73.3 Å². The van der Waals surface area contributed by atoms with Crippen molar-refractivity contribution in [3.05, 3.63) is 88.0 Å². The Labute approximate surface area is 185 Å². The van der Waals surface area contributed by atoms with E-state index in [9.17, 15) is 9.59 Å². The normalized spacial score (nSPS) is 18.2. The molecule has 0 bridgehead atoms. The molecule has 160 valence electrons. The fraction of sp³-hybridized carbons (Fsp3) is 0.357. The van der Waals surface area contributed by atoms with Gasteiger partial charge in [-0.2, -0.15) is 0 Å². The van der Waals surface area contributed by atoms with Gasteiger partial charge in [-0.3, -0.25) is 14.5 Å². The fourth-order valence-electron chi connectivity index (χ4n) is 4.93. The van der Waals surface area contributed by atoms with E-state index < -0.39 is 0 Å². The molecule has 3 heteroatoms. The first-order valence-electron chi connectivity index (χ1n) is 11.3. The van der Waals surface area contributed by atoms with Gasteiger partial charge >= 0.3 is 0 Å². The minimum absolute atomic E-state index is 0.170. The molecule has 2 amide bonds. The van der Waals surface area contributed by atoms with Gasteiger partial charge in [-0.25, -0.2) is 0 Å². The molecule has 0 saturated carbocycles. The monoisotopic (exact) mass is 413 g/mol. The van der Waals surface area contributed by atoms with Crippen LogP contribution in [-0.2, 0) is 6.42 Å². The Morgan fingerprint density at radius 3 is 2.35 bits per heavy atom. The third-order valence-electron chi connectivity index (χ3n) is 6.66. The van der Waals surface area contributed by atoms with Gasteiger partial charge in [0, 0.05) is 6.54 Å². The zero-order valence-corrected chi connectivity index (χ0v) is 18.8. The maximum atomic E-state index is 12.5. The summed E-state index contributed by atoms with van der Waals surface area (Å²) in [6.07, 6.45) is 9.83. The van der Waals surface area contributed by atoms with Crippen LogP contribution in [0, 0.1) is 5.41 Å².